The fraction of sp³-hybridized carbons (Fsp3) is 0.385. The minimum absolute atomic E-state index is 0.697. The molecule has 1 heteroatoms. The molecule has 0 N–H and O–H groups in total. The van der Waals surface area contributed by atoms with E-state index in [1.807, 2.05) is 0 Å². The van der Waals surface area contributed by atoms with Crippen LogP contribution in [0.15, 0.2) is 48.6 Å². The molecule has 0 fully saturated rings. The summed E-state index contributed by atoms with van der Waals surface area (Å²) in [5.74, 6) is 0.697. The first-order valence-electron chi connectivity index (χ1n) is 10.7. The van der Waals surface area contributed by atoms with Crippen molar-refractivity contribution >= 4 is 8.85 Å². The van der Waals surface area contributed by atoms with Gasteiger partial charge in [0.1, 0.15) is 0 Å². The third kappa shape index (κ3) is 3.17. The van der Waals surface area contributed by atoms with Crippen LogP contribution in [-0.2, 0) is 42.5 Å². The van der Waals surface area contributed by atoms with Gasteiger partial charge in [0.2, 0.25) is 0 Å². The van der Waals surface area contributed by atoms with Crippen LogP contribution in [0.4, 0.5) is 0 Å². The molecule has 5 rings (SSSR count). The van der Waals surface area contributed by atoms with Gasteiger partial charge in [-0.2, -0.15) is 0 Å². The Morgan fingerprint density at radius 3 is 2.70 bits per heavy atom. The Kier molecular flexibility index (Phi) is 4.85. The predicted octanol–water partition coefficient (Wildman–Crippen LogP) is 6.73. The fourth-order valence-electron chi connectivity index (χ4n) is 5.23. The van der Waals surface area contributed by atoms with Crippen molar-refractivity contribution in [3.63, 3.8) is 0 Å². The van der Waals surface area contributed by atoms with Crippen LogP contribution in [0.5, 0.6) is 0 Å². The molecule has 2 atom stereocenters. The molecule has 2 aromatic carbocycles. The summed E-state index contributed by atoms with van der Waals surface area (Å²) in [6.07, 6.45) is 12.9. The van der Waals surface area contributed by atoms with Crippen LogP contribution in [-0.4, -0.2) is 0 Å². The molecular formula is C26H28Zr. The molecule has 3 aliphatic carbocycles. The Balaban J connectivity index is 1.52. The molecule has 0 spiro atoms. The number of hydrogen-bond acceptors (Lipinski definition) is 0. The number of fused-ring (bicyclic) bond motifs is 3. The van der Waals surface area contributed by atoms with Crippen LogP contribution in [0, 0.1) is 5.92 Å². The fourth-order valence-corrected chi connectivity index (χ4v) is 9.20. The third-order valence-electron chi connectivity index (χ3n) is 6.65. The van der Waals surface area contributed by atoms with Crippen molar-refractivity contribution in [1.82, 2.24) is 0 Å². The minimum atomic E-state index is -0.702. The number of allylic oxidation sites excluding steroid dienone is 3. The molecule has 2 unspecified atom stereocenters. The number of rotatable bonds is 5. The molecule has 136 valence electrons. The van der Waals surface area contributed by atoms with E-state index in [2.05, 4.69) is 62.4 Å². The van der Waals surface area contributed by atoms with Gasteiger partial charge in [-0.05, 0) is 0 Å². The van der Waals surface area contributed by atoms with Crippen molar-refractivity contribution in [2.45, 2.75) is 56.0 Å². The molecule has 0 heterocycles. The molecule has 0 nitrogen and oxygen atoms in total. The number of aryl methyl sites for hydroxylation is 2. The SMILES string of the molecule is CCCC(C)C1=C[CH]([Zr][C]2=CCc3ccccc32)c2cc3c(cc21)CCC3. The van der Waals surface area contributed by atoms with Crippen molar-refractivity contribution in [3.05, 3.63) is 81.9 Å². The quantitative estimate of drug-likeness (QED) is 0.492. The first kappa shape index (κ1) is 17.9. The van der Waals surface area contributed by atoms with Crippen molar-refractivity contribution in [3.8, 4) is 0 Å². The molecule has 0 aliphatic heterocycles. The van der Waals surface area contributed by atoms with E-state index in [0.717, 1.165) is 10.0 Å². The summed E-state index contributed by atoms with van der Waals surface area (Å²) in [5, 5.41) is 0. The Morgan fingerprint density at radius 2 is 1.85 bits per heavy atom. The summed E-state index contributed by atoms with van der Waals surface area (Å²) in [5.41, 5.74) is 11.4. The second-order valence-electron chi connectivity index (χ2n) is 8.47. The van der Waals surface area contributed by atoms with Crippen molar-refractivity contribution in [2.75, 3.05) is 0 Å². The Morgan fingerprint density at radius 1 is 1.04 bits per heavy atom. The molecular weight excluding hydrogens is 404 g/mol. The van der Waals surface area contributed by atoms with E-state index in [4.69, 9.17) is 0 Å². The first-order valence-corrected chi connectivity index (χ1v) is 13.3. The van der Waals surface area contributed by atoms with E-state index in [-0.39, 0.29) is 0 Å². The van der Waals surface area contributed by atoms with Crippen LogP contribution in [0.2, 0.25) is 0 Å². The molecule has 0 saturated heterocycles. The van der Waals surface area contributed by atoms with Crippen LogP contribution in [0.25, 0.3) is 8.85 Å². The van der Waals surface area contributed by atoms with E-state index >= 15 is 0 Å². The van der Waals surface area contributed by atoms with E-state index in [9.17, 15) is 0 Å². The average molecular weight is 432 g/mol. The van der Waals surface area contributed by atoms with Gasteiger partial charge >= 0.3 is 176 Å². The first-order chi connectivity index (χ1) is 13.2. The number of hydrogen-bond donors (Lipinski definition) is 0. The zero-order valence-corrected chi connectivity index (χ0v) is 19.0. The van der Waals surface area contributed by atoms with Crippen LogP contribution in [0.1, 0.15) is 70.1 Å². The van der Waals surface area contributed by atoms with Gasteiger partial charge in [0.25, 0.3) is 0 Å². The molecule has 2 aromatic rings. The monoisotopic (exact) mass is 430 g/mol. The van der Waals surface area contributed by atoms with Gasteiger partial charge in [-0.1, -0.05) is 0 Å². The summed E-state index contributed by atoms with van der Waals surface area (Å²) in [4.78, 5) is 0. The van der Waals surface area contributed by atoms with Gasteiger partial charge < -0.3 is 0 Å². The van der Waals surface area contributed by atoms with Gasteiger partial charge in [0, 0.05) is 0 Å². The summed E-state index contributed by atoms with van der Waals surface area (Å²) in [6, 6.07) is 14.3. The Bertz CT molecular complexity index is 947. The topological polar surface area (TPSA) is 0 Å². The molecule has 0 saturated carbocycles. The van der Waals surface area contributed by atoms with Crippen molar-refractivity contribution in [1.29, 1.82) is 0 Å². The maximum absolute atomic E-state index is 2.70. The Labute approximate surface area is 175 Å². The van der Waals surface area contributed by atoms with Crippen molar-refractivity contribution in [2.24, 2.45) is 5.92 Å². The average Bonchev–Trinajstić information content (AvgIpc) is 3.38. The summed E-state index contributed by atoms with van der Waals surface area (Å²) >= 11 is -0.702. The molecule has 0 radical (unpaired) electrons. The third-order valence-corrected chi connectivity index (χ3v) is 10.5. The summed E-state index contributed by atoms with van der Waals surface area (Å²) in [7, 11) is 0. The van der Waals surface area contributed by atoms with Gasteiger partial charge in [0.05, 0.1) is 0 Å². The second-order valence-corrected chi connectivity index (χ2v) is 12.0. The predicted molar refractivity (Wildman–Crippen MR) is 111 cm³/mol. The molecule has 0 bridgehead atoms. The van der Waals surface area contributed by atoms with Crippen LogP contribution < -0.4 is 0 Å². The summed E-state index contributed by atoms with van der Waals surface area (Å²) < 4.78 is 2.45. The molecule has 27 heavy (non-hydrogen) atoms. The van der Waals surface area contributed by atoms with Crippen LogP contribution in [0.3, 0.4) is 0 Å². The Hall–Kier alpha value is -1.20. The van der Waals surface area contributed by atoms with E-state index < -0.39 is 23.2 Å². The van der Waals surface area contributed by atoms with E-state index in [1.165, 1.54) is 32.1 Å². The zero-order valence-electron chi connectivity index (χ0n) is 16.5. The van der Waals surface area contributed by atoms with Gasteiger partial charge in [-0.15, -0.1) is 0 Å². The number of benzene rings is 2. The molecule has 0 amide bonds. The van der Waals surface area contributed by atoms with Gasteiger partial charge in [0.15, 0.2) is 0 Å². The zero-order chi connectivity index (χ0) is 18.4. The van der Waals surface area contributed by atoms with Crippen LogP contribution >= 0.6 is 0 Å². The normalized spacial score (nSPS) is 20.6. The maximum atomic E-state index is 2.70. The van der Waals surface area contributed by atoms with Crippen molar-refractivity contribution < 1.29 is 23.2 Å². The van der Waals surface area contributed by atoms with E-state index in [1.54, 1.807) is 42.2 Å². The molecule has 3 aliphatic rings. The van der Waals surface area contributed by atoms with Gasteiger partial charge in [-0.3, -0.25) is 0 Å². The van der Waals surface area contributed by atoms with Gasteiger partial charge in [-0.25, -0.2) is 0 Å². The van der Waals surface area contributed by atoms with E-state index in [0.29, 0.717) is 5.92 Å². The second kappa shape index (κ2) is 7.32. The summed E-state index contributed by atoms with van der Waals surface area (Å²) in [6.45, 7) is 4.77. The molecule has 0 aromatic heterocycles. The standard InChI is InChI=1S/C17H21.C9H7.Zr/c1-3-5-12(2)16-9-8-15-10-13-6-4-7-14(13)11-17(15)16;1-2-5-9-7-3-6-8(9)4-1;/h8-12H,3-7H2,1-2H3;1-5H,6H2;.